The number of sulfone groups is 1. The van der Waals surface area contributed by atoms with E-state index in [1.807, 2.05) is 0 Å². The zero-order valence-electron chi connectivity index (χ0n) is 11.9. The van der Waals surface area contributed by atoms with Crippen LogP contribution in [0.4, 0.5) is 5.69 Å². The summed E-state index contributed by atoms with van der Waals surface area (Å²) >= 11 is 0. The van der Waals surface area contributed by atoms with E-state index >= 15 is 0 Å². The smallest absolute Gasteiger partial charge is 0.277 e. The fourth-order valence-corrected chi connectivity index (χ4v) is 2.85. The van der Waals surface area contributed by atoms with E-state index in [2.05, 4.69) is 5.32 Å². The van der Waals surface area contributed by atoms with Crippen LogP contribution in [0.5, 0.6) is 0 Å². The number of hydrogen-bond acceptors (Lipinski definition) is 6. The van der Waals surface area contributed by atoms with E-state index in [1.165, 1.54) is 6.08 Å². The summed E-state index contributed by atoms with van der Waals surface area (Å²) in [5.74, 6) is -1.04. The third-order valence-electron chi connectivity index (χ3n) is 2.99. The average molecular weight is 324 g/mol. The Balaban J connectivity index is 2.07. The standard InChI is InChI=1S/C14H16N2O5S/c1-22(20,21)9-10-2-4-11(5-3-10)15-12-8-13(18)16(6-7-17)14(12)19/h2-5,8,15,17H,6-7,9H2,1H3. The molecule has 1 aromatic rings. The molecule has 1 aliphatic rings. The summed E-state index contributed by atoms with van der Waals surface area (Å²) in [4.78, 5) is 24.5. The second kappa shape index (κ2) is 6.29. The van der Waals surface area contributed by atoms with Crippen molar-refractivity contribution in [3.63, 3.8) is 0 Å². The molecular weight excluding hydrogens is 308 g/mol. The number of rotatable bonds is 6. The number of carbonyl (C=O) groups excluding carboxylic acids is 2. The molecule has 0 atom stereocenters. The normalized spacial score (nSPS) is 15.2. The molecule has 0 saturated heterocycles. The summed E-state index contributed by atoms with van der Waals surface area (Å²) < 4.78 is 22.4. The van der Waals surface area contributed by atoms with Crippen molar-refractivity contribution in [2.75, 3.05) is 24.7 Å². The molecule has 0 spiro atoms. The molecule has 0 radical (unpaired) electrons. The molecule has 2 N–H and O–H groups in total. The molecule has 118 valence electrons. The summed E-state index contributed by atoms with van der Waals surface area (Å²) in [5, 5.41) is 11.6. The third kappa shape index (κ3) is 3.92. The topological polar surface area (TPSA) is 104 Å². The first-order valence-corrected chi connectivity index (χ1v) is 8.58. The predicted molar refractivity (Wildman–Crippen MR) is 80.5 cm³/mol. The van der Waals surface area contributed by atoms with E-state index in [0.29, 0.717) is 11.3 Å². The van der Waals surface area contributed by atoms with Gasteiger partial charge in [-0.1, -0.05) is 12.1 Å². The van der Waals surface area contributed by atoms with Crippen LogP contribution in [0.1, 0.15) is 5.56 Å². The van der Waals surface area contributed by atoms with Gasteiger partial charge in [0.15, 0.2) is 9.84 Å². The van der Waals surface area contributed by atoms with Crippen molar-refractivity contribution in [2.45, 2.75) is 5.75 Å². The lowest BCUT2D eigenvalue weighted by atomic mass is 10.2. The van der Waals surface area contributed by atoms with Crippen molar-refractivity contribution in [3.05, 3.63) is 41.6 Å². The van der Waals surface area contributed by atoms with Crippen molar-refractivity contribution >= 4 is 27.3 Å². The second-order valence-corrected chi connectivity index (χ2v) is 7.11. The highest BCUT2D eigenvalue weighted by Crippen LogP contribution is 2.18. The van der Waals surface area contributed by atoms with Gasteiger partial charge < -0.3 is 10.4 Å². The molecule has 0 unspecified atom stereocenters. The van der Waals surface area contributed by atoms with E-state index in [4.69, 9.17) is 5.11 Å². The average Bonchev–Trinajstić information content (AvgIpc) is 2.68. The van der Waals surface area contributed by atoms with Crippen LogP contribution in [-0.4, -0.2) is 49.6 Å². The number of amides is 2. The largest absolute Gasteiger partial charge is 0.395 e. The fraction of sp³-hybridized carbons (Fsp3) is 0.286. The number of anilines is 1. The number of aliphatic hydroxyl groups excluding tert-OH is 1. The van der Waals surface area contributed by atoms with Crippen LogP contribution in [0.15, 0.2) is 36.0 Å². The maximum absolute atomic E-state index is 11.9. The highest BCUT2D eigenvalue weighted by Gasteiger charge is 2.30. The van der Waals surface area contributed by atoms with Gasteiger partial charge in [-0.25, -0.2) is 8.42 Å². The van der Waals surface area contributed by atoms with E-state index in [0.717, 1.165) is 11.2 Å². The first-order valence-electron chi connectivity index (χ1n) is 6.52. The SMILES string of the molecule is CS(=O)(=O)Cc1ccc(NC2=CC(=O)N(CCO)C2=O)cc1. The number of aliphatic hydroxyl groups is 1. The Kier molecular flexibility index (Phi) is 4.62. The summed E-state index contributed by atoms with van der Waals surface area (Å²) in [5.41, 5.74) is 1.32. The Morgan fingerprint density at radius 1 is 1.18 bits per heavy atom. The minimum atomic E-state index is -3.10. The molecule has 2 amide bonds. The van der Waals surface area contributed by atoms with Crippen LogP contribution in [0.3, 0.4) is 0 Å². The summed E-state index contributed by atoms with van der Waals surface area (Å²) in [6, 6.07) is 6.54. The van der Waals surface area contributed by atoms with Crippen LogP contribution >= 0.6 is 0 Å². The van der Waals surface area contributed by atoms with Gasteiger partial charge in [0.05, 0.1) is 18.9 Å². The Morgan fingerprint density at radius 2 is 1.82 bits per heavy atom. The lowest BCUT2D eigenvalue weighted by Crippen LogP contribution is -2.34. The van der Waals surface area contributed by atoms with E-state index in [9.17, 15) is 18.0 Å². The van der Waals surface area contributed by atoms with E-state index in [-0.39, 0.29) is 24.6 Å². The lowest BCUT2D eigenvalue weighted by molar-refractivity contribution is -0.137. The summed E-state index contributed by atoms with van der Waals surface area (Å²) in [7, 11) is -3.10. The number of imide groups is 1. The van der Waals surface area contributed by atoms with Gasteiger partial charge in [-0.3, -0.25) is 14.5 Å². The molecule has 2 rings (SSSR count). The number of benzene rings is 1. The number of hydrogen-bond donors (Lipinski definition) is 2. The maximum Gasteiger partial charge on any atom is 0.277 e. The van der Waals surface area contributed by atoms with Gasteiger partial charge in [0, 0.05) is 18.0 Å². The predicted octanol–water partition coefficient (Wildman–Crippen LogP) is -0.112. The molecule has 1 aromatic carbocycles. The summed E-state index contributed by atoms with van der Waals surface area (Å²) in [6.07, 6.45) is 2.32. The van der Waals surface area contributed by atoms with Gasteiger partial charge in [0.2, 0.25) is 0 Å². The molecule has 1 heterocycles. The minimum Gasteiger partial charge on any atom is -0.395 e. The van der Waals surface area contributed by atoms with E-state index in [1.54, 1.807) is 24.3 Å². The molecule has 1 aliphatic heterocycles. The van der Waals surface area contributed by atoms with Crippen molar-refractivity contribution in [2.24, 2.45) is 0 Å². The molecule has 22 heavy (non-hydrogen) atoms. The van der Waals surface area contributed by atoms with Crippen LogP contribution in [0.25, 0.3) is 0 Å². The van der Waals surface area contributed by atoms with Crippen molar-refractivity contribution in [1.82, 2.24) is 4.90 Å². The van der Waals surface area contributed by atoms with Crippen molar-refractivity contribution < 1.29 is 23.1 Å². The van der Waals surface area contributed by atoms with Gasteiger partial charge in [-0.2, -0.15) is 0 Å². The Labute approximate surface area is 128 Å². The van der Waals surface area contributed by atoms with Crippen LogP contribution in [-0.2, 0) is 25.2 Å². The zero-order chi connectivity index (χ0) is 16.3. The molecule has 0 aromatic heterocycles. The van der Waals surface area contributed by atoms with Crippen molar-refractivity contribution in [1.29, 1.82) is 0 Å². The molecule has 0 bridgehead atoms. The van der Waals surface area contributed by atoms with Crippen LogP contribution in [0, 0.1) is 0 Å². The first kappa shape index (κ1) is 16.2. The van der Waals surface area contributed by atoms with Gasteiger partial charge in [-0.05, 0) is 17.7 Å². The van der Waals surface area contributed by atoms with Crippen LogP contribution < -0.4 is 5.32 Å². The van der Waals surface area contributed by atoms with Gasteiger partial charge in [-0.15, -0.1) is 0 Å². The molecule has 8 heteroatoms. The number of β-amino-alcohol motifs (C(OH)–C–C–N with tert-alkyl or cyclic N) is 1. The van der Waals surface area contributed by atoms with Crippen molar-refractivity contribution in [3.8, 4) is 0 Å². The second-order valence-electron chi connectivity index (χ2n) is 4.97. The van der Waals surface area contributed by atoms with Gasteiger partial charge in [0.25, 0.3) is 11.8 Å². The minimum absolute atomic E-state index is 0.0490. The first-order chi connectivity index (χ1) is 10.3. The van der Waals surface area contributed by atoms with Crippen LogP contribution in [0.2, 0.25) is 0 Å². The molecular formula is C14H16N2O5S. The quantitative estimate of drug-likeness (QED) is 0.708. The molecule has 0 aliphatic carbocycles. The Hall–Kier alpha value is -2.19. The highest BCUT2D eigenvalue weighted by molar-refractivity contribution is 7.89. The highest BCUT2D eigenvalue weighted by atomic mass is 32.2. The third-order valence-corrected chi connectivity index (χ3v) is 3.85. The van der Waals surface area contributed by atoms with Gasteiger partial charge >= 0.3 is 0 Å². The maximum atomic E-state index is 11.9. The fourth-order valence-electron chi connectivity index (χ4n) is 2.05. The Bertz CT molecular complexity index is 722. The number of carbonyl (C=O) groups is 2. The van der Waals surface area contributed by atoms with Gasteiger partial charge in [0.1, 0.15) is 5.70 Å². The monoisotopic (exact) mass is 324 g/mol. The number of nitrogens with one attached hydrogen (secondary N) is 1. The zero-order valence-corrected chi connectivity index (χ0v) is 12.8. The molecule has 0 saturated carbocycles. The molecule has 7 nitrogen and oxygen atoms in total. The Morgan fingerprint density at radius 3 is 2.36 bits per heavy atom. The number of nitrogens with zero attached hydrogens (tertiary/aromatic N) is 1. The van der Waals surface area contributed by atoms with E-state index < -0.39 is 21.7 Å². The summed E-state index contributed by atoms with van der Waals surface area (Å²) in [6.45, 7) is -0.342. The molecule has 0 fully saturated rings. The lowest BCUT2D eigenvalue weighted by Gasteiger charge is -2.13.